The normalized spacial score (nSPS) is 9.47. The first-order chi connectivity index (χ1) is 18.3. The summed E-state index contributed by atoms with van der Waals surface area (Å²) in [7, 11) is 0. The maximum Gasteiger partial charge on any atom is 0.123 e. The Morgan fingerprint density at radius 3 is 2.05 bits per heavy atom. The minimum absolute atomic E-state index is 0.133. The van der Waals surface area contributed by atoms with Gasteiger partial charge >= 0.3 is 0 Å². The van der Waals surface area contributed by atoms with Crippen LogP contribution in [0.4, 0.5) is 4.39 Å². The number of aromatic nitrogens is 1. The standard InChI is InChI=1S/C16H14N2.C9H11F.C6H12.2C2H6/c1-11(2)14-8-9-16(18-12(14)3)15-7-5-4-6-13(15)10-17;1-2-4-8-5-3-6-9(10)7-8;1-4-6(3)5-2;2*1-2/h4-9H,1H2,2-3H3;3,5-7H,2,4H2,1H3;4H,5H2,1-3H3;2*1-2H3/b;;6-4+;;. The Morgan fingerprint density at radius 2 is 1.61 bits per heavy atom. The molecule has 0 aliphatic heterocycles. The van der Waals surface area contributed by atoms with Crippen LogP contribution in [0, 0.1) is 24.1 Å². The van der Waals surface area contributed by atoms with Crippen molar-refractivity contribution in [2.45, 2.75) is 88.5 Å². The zero-order valence-corrected chi connectivity index (χ0v) is 25.5. The Kier molecular flexibility index (Phi) is 21.9. The highest BCUT2D eigenvalue weighted by atomic mass is 19.1. The summed E-state index contributed by atoms with van der Waals surface area (Å²) in [6.45, 7) is 24.3. The average Bonchev–Trinajstić information content (AvgIpc) is 2.95. The van der Waals surface area contributed by atoms with Crippen LogP contribution in [0.1, 0.15) is 97.5 Å². The number of benzene rings is 2. The first-order valence-electron chi connectivity index (χ1n) is 13.8. The number of nitriles is 1. The first kappa shape index (κ1) is 36.6. The highest BCUT2D eigenvalue weighted by Crippen LogP contribution is 2.24. The average molecular weight is 517 g/mol. The van der Waals surface area contributed by atoms with Gasteiger partial charge in [-0.3, -0.25) is 4.98 Å². The summed E-state index contributed by atoms with van der Waals surface area (Å²) in [6, 6.07) is 20.4. The Labute approximate surface area is 233 Å². The smallest absolute Gasteiger partial charge is 0.123 e. The molecule has 3 rings (SSSR count). The monoisotopic (exact) mass is 516 g/mol. The summed E-state index contributed by atoms with van der Waals surface area (Å²) in [4.78, 5) is 4.56. The lowest BCUT2D eigenvalue weighted by Crippen LogP contribution is -1.94. The quantitative estimate of drug-likeness (QED) is 0.316. The Bertz CT molecular complexity index is 1140. The third-order valence-electron chi connectivity index (χ3n) is 5.35. The van der Waals surface area contributed by atoms with Crippen molar-refractivity contribution in [3.8, 4) is 17.3 Å². The molecule has 0 radical (unpaired) electrons. The third-order valence-corrected chi connectivity index (χ3v) is 5.35. The van der Waals surface area contributed by atoms with Crippen LogP contribution in [-0.2, 0) is 6.42 Å². The van der Waals surface area contributed by atoms with Crippen LogP contribution < -0.4 is 0 Å². The van der Waals surface area contributed by atoms with E-state index in [0.29, 0.717) is 5.56 Å². The number of allylic oxidation sites excluding steroid dienone is 3. The van der Waals surface area contributed by atoms with Gasteiger partial charge in [-0.15, -0.1) is 0 Å². The largest absolute Gasteiger partial charge is 0.252 e. The molecular weight excluding hydrogens is 467 g/mol. The molecule has 0 saturated heterocycles. The number of hydrogen-bond acceptors (Lipinski definition) is 2. The minimum Gasteiger partial charge on any atom is -0.252 e. The zero-order valence-electron chi connectivity index (χ0n) is 25.5. The fraction of sp³-hybridized carbons (Fsp3) is 0.371. The summed E-state index contributed by atoms with van der Waals surface area (Å²) in [5.74, 6) is -0.133. The first-order valence-corrected chi connectivity index (χ1v) is 13.8. The fourth-order valence-electron chi connectivity index (χ4n) is 3.15. The van der Waals surface area contributed by atoms with Crippen molar-refractivity contribution in [2.24, 2.45) is 0 Å². The Morgan fingerprint density at radius 1 is 0.974 bits per heavy atom. The minimum atomic E-state index is -0.133. The second-order valence-electron chi connectivity index (χ2n) is 8.14. The molecule has 2 aromatic carbocycles. The summed E-state index contributed by atoms with van der Waals surface area (Å²) in [6.07, 6.45) is 5.37. The molecule has 0 bridgehead atoms. The van der Waals surface area contributed by atoms with E-state index in [1.165, 1.54) is 18.1 Å². The van der Waals surface area contributed by atoms with E-state index >= 15 is 0 Å². The van der Waals surface area contributed by atoms with E-state index in [9.17, 15) is 4.39 Å². The molecule has 0 spiro atoms. The van der Waals surface area contributed by atoms with E-state index in [1.54, 1.807) is 18.2 Å². The molecule has 38 heavy (non-hydrogen) atoms. The zero-order chi connectivity index (χ0) is 29.5. The molecule has 0 fully saturated rings. The van der Waals surface area contributed by atoms with Crippen molar-refractivity contribution in [2.75, 3.05) is 0 Å². The van der Waals surface area contributed by atoms with Crippen LogP contribution in [0.3, 0.4) is 0 Å². The number of pyridine rings is 1. The summed E-state index contributed by atoms with van der Waals surface area (Å²) < 4.78 is 12.5. The number of hydrogen-bond donors (Lipinski definition) is 0. The van der Waals surface area contributed by atoms with E-state index in [4.69, 9.17) is 5.26 Å². The van der Waals surface area contributed by atoms with Crippen LogP contribution >= 0.6 is 0 Å². The number of rotatable bonds is 5. The molecule has 2 nitrogen and oxygen atoms in total. The van der Waals surface area contributed by atoms with Gasteiger partial charge in [0.2, 0.25) is 0 Å². The van der Waals surface area contributed by atoms with Crippen molar-refractivity contribution in [3.63, 3.8) is 0 Å². The van der Waals surface area contributed by atoms with Crippen molar-refractivity contribution in [3.05, 3.63) is 107 Å². The molecular formula is C35H49FN2. The van der Waals surface area contributed by atoms with Gasteiger partial charge in [0, 0.05) is 11.3 Å². The van der Waals surface area contributed by atoms with Gasteiger partial charge in [-0.05, 0) is 81.5 Å². The number of halogens is 1. The van der Waals surface area contributed by atoms with Gasteiger partial charge in [-0.2, -0.15) is 5.26 Å². The van der Waals surface area contributed by atoms with E-state index in [1.807, 2.05) is 77.9 Å². The van der Waals surface area contributed by atoms with Crippen molar-refractivity contribution < 1.29 is 4.39 Å². The van der Waals surface area contributed by atoms with Crippen molar-refractivity contribution in [1.82, 2.24) is 4.98 Å². The van der Waals surface area contributed by atoms with Crippen LogP contribution in [0.15, 0.2) is 78.9 Å². The molecule has 1 aromatic heterocycles. The number of nitrogens with zero attached hydrogens (tertiary/aromatic N) is 2. The van der Waals surface area contributed by atoms with Gasteiger partial charge < -0.3 is 0 Å². The molecule has 206 valence electrons. The summed E-state index contributed by atoms with van der Waals surface area (Å²) >= 11 is 0. The molecule has 0 aliphatic rings. The van der Waals surface area contributed by atoms with Gasteiger partial charge in [-0.25, -0.2) is 4.39 Å². The fourth-order valence-corrected chi connectivity index (χ4v) is 3.15. The van der Waals surface area contributed by atoms with Gasteiger partial charge in [0.15, 0.2) is 0 Å². The maximum absolute atomic E-state index is 12.5. The van der Waals surface area contributed by atoms with E-state index in [-0.39, 0.29) is 5.82 Å². The lowest BCUT2D eigenvalue weighted by atomic mass is 10.0. The SMILES string of the molecule is C/C=C(\C)CC.C=C(C)c1ccc(-c2ccccc2C#N)nc1C.CC.CC.CCCc1cccc(F)c1. The van der Waals surface area contributed by atoms with E-state index < -0.39 is 0 Å². The van der Waals surface area contributed by atoms with Crippen molar-refractivity contribution >= 4 is 5.57 Å². The van der Waals surface area contributed by atoms with Crippen LogP contribution in [0.2, 0.25) is 0 Å². The van der Waals surface area contributed by atoms with Gasteiger partial charge in [0.05, 0.1) is 17.3 Å². The van der Waals surface area contributed by atoms with Crippen molar-refractivity contribution in [1.29, 1.82) is 5.26 Å². The molecule has 0 unspecified atom stereocenters. The lowest BCUT2D eigenvalue weighted by molar-refractivity contribution is 0.625. The number of aryl methyl sites for hydroxylation is 2. The van der Waals surface area contributed by atoms with Crippen LogP contribution in [0.25, 0.3) is 16.8 Å². The molecule has 0 atom stereocenters. The molecule has 3 aromatic rings. The molecule has 0 aliphatic carbocycles. The maximum atomic E-state index is 12.5. The lowest BCUT2D eigenvalue weighted by Gasteiger charge is -2.08. The molecule has 1 heterocycles. The molecule has 0 N–H and O–H groups in total. The summed E-state index contributed by atoms with van der Waals surface area (Å²) in [5, 5.41) is 9.10. The van der Waals surface area contributed by atoms with Gasteiger partial charge in [0.25, 0.3) is 0 Å². The molecule has 3 heteroatoms. The molecule has 0 saturated carbocycles. The third kappa shape index (κ3) is 14.3. The second-order valence-corrected chi connectivity index (χ2v) is 8.14. The van der Waals surface area contributed by atoms with Crippen LogP contribution in [0.5, 0.6) is 0 Å². The van der Waals surface area contributed by atoms with E-state index in [2.05, 4.69) is 51.4 Å². The van der Waals surface area contributed by atoms with Crippen LogP contribution in [-0.4, -0.2) is 4.98 Å². The Hall–Kier alpha value is -3.51. The van der Waals surface area contributed by atoms with E-state index in [0.717, 1.165) is 46.5 Å². The van der Waals surface area contributed by atoms with Gasteiger partial charge in [-0.1, -0.05) is 103 Å². The predicted octanol–water partition coefficient (Wildman–Crippen LogP) is 11.2. The predicted molar refractivity (Wildman–Crippen MR) is 167 cm³/mol. The topological polar surface area (TPSA) is 36.7 Å². The highest BCUT2D eigenvalue weighted by molar-refractivity contribution is 5.70. The highest BCUT2D eigenvalue weighted by Gasteiger charge is 2.07. The molecule has 0 amide bonds. The summed E-state index contributed by atoms with van der Waals surface area (Å²) in [5.41, 5.74) is 7.90. The van der Waals surface area contributed by atoms with Gasteiger partial charge in [0.1, 0.15) is 5.82 Å². The Balaban J connectivity index is 0. The second kappa shape index (κ2) is 22.7.